The van der Waals surface area contributed by atoms with E-state index in [-0.39, 0.29) is 11.2 Å². The molecule has 3 nitrogen and oxygen atoms in total. The van der Waals surface area contributed by atoms with Gasteiger partial charge in [-0.25, -0.2) is 0 Å². The van der Waals surface area contributed by atoms with E-state index in [1.165, 1.54) is 11.8 Å². The highest BCUT2D eigenvalue weighted by Gasteiger charge is 2.30. The van der Waals surface area contributed by atoms with E-state index in [4.69, 9.17) is 11.6 Å². The summed E-state index contributed by atoms with van der Waals surface area (Å²) in [7, 11) is 0. The van der Waals surface area contributed by atoms with Gasteiger partial charge in [0, 0.05) is 16.5 Å². The molecule has 0 heterocycles. The molecule has 104 valence electrons. The number of carbonyl (C=O) groups excluding carboxylic acids is 1. The van der Waals surface area contributed by atoms with Gasteiger partial charge in [0.15, 0.2) is 0 Å². The fourth-order valence-corrected chi connectivity index (χ4v) is 2.79. The van der Waals surface area contributed by atoms with Crippen LogP contribution in [0.15, 0.2) is 29.2 Å². The SMILES string of the molecule is CC(Sc1ccc(Cl)cc1)C(=O)NCC(O)C1CC1. The number of aliphatic hydroxyl groups is 1. The van der Waals surface area contributed by atoms with Crippen LogP contribution < -0.4 is 5.32 Å². The number of halogens is 1. The topological polar surface area (TPSA) is 49.3 Å². The maximum absolute atomic E-state index is 11.9. The van der Waals surface area contributed by atoms with Gasteiger partial charge in [0.2, 0.25) is 5.91 Å². The van der Waals surface area contributed by atoms with E-state index in [1.807, 2.05) is 31.2 Å². The van der Waals surface area contributed by atoms with Gasteiger partial charge in [0.1, 0.15) is 0 Å². The standard InChI is InChI=1S/C14H18ClNO2S/c1-9(19-12-6-4-11(15)5-7-12)14(18)16-8-13(17)10-2-3-10/h4-7,9-10,13,17H,2-3,8H2,1H3,(H,16,18). The monoisotopic (exact) mass is 299 g/mol. The first-order valence-electron chi connectivity index (χ1n) is 6.44. The van der Waals surface area contributed by atoms with E-state index < -0.39 is 6.10 Å². The Hall–Kier alpha value is -0.710. The molecule has 0 aliphatic heterocycles. The molecule has 2 rings (SSSR count). The van der Waals surface area contributed by atoms with Gasteiger partial charge in [-0.3, -0.25) is 4.79 Å². The average Bonchev–Trinajstić information content (AvgIpc) is 3.22. The van der Waals surface area contributed by atoms with Crippen LogP contribution in [0.4, 0.5) is 0 Å². The van der Waals surface area contributed by atoms with E-state index in [9.17, 15) is 9.90 Å². The number of aliphatic hydroxyl groups excluding tert-OH is 1. The van der Waals surface area contributed by atoms with Gasteiger partial charge in [-0.05, 0) is 49.9 Å². The second kappa shape index (κ2) is 6.64. The molecule has 1 aromatic carbocycles. The number of nitrogens with one attached hydrogen (secondary N) is 1. The molecule has 1 aliphatic carbocycles. The Morgan fingerprint density at radius 3 is 2.68 bits per heavy atom. The van der Waals surface area contributed by atoms with E-state index in [1.54, 1.807) is 0 Å². The third-order valence-electron chi connectivity index (χ3n) is 3.15. The Labute approximate surface area is 122 Å². The fraction of sp³-hybridized carbons (Fsp3) is 0.500. The van der Waals surface area contributed by atoms with Gasteiger partial charge in [-0.1, -0.05) is 11.6 Å². The number of amides is 1. The minimum absolute atomic E-state index is 0.0420. The van der Waals surface area contributed by atoms with Crippen molar-refractivity contribution in [3.05, 3.63) is 29.3 Å². The Morgan fingerprint density at radius 1 is 1.47 bits per heavy atom. The summed E-state index contributed by atoms with van der Waals surface area (Å²) in [5.74, 6) is 0.346. The van der Waals surface area contributed by atoms with Crippen LogP contribution in [0.3, 0.4) is 0 Å². The zero-order valence-corrected chi connectivity index (χ0v) is 12.4. The first-order valence-corrected chi connectivity index (χ1v) is 7.70. The second-order valence-electron chi connectivity index (χ2n) is 4.86. The third kappa shape index (κ3) is 4.71. The first-order chi connectivity index (χ1) is 9.06. The van der Waals surface area contributed by atoms with Crippen molar-refractivity contribution in [2.45, 2.75) is 36.0 Å². The maximum Gasteiger partial charge on any atom is 0.233 e. The molecule has 1 aliphatic rings. The number of hydrogen-bond acceptors (Lipinski definition) is 3. The van der Waals surface area contributed by atoms with Crippen molar-refractivity contribution in [2.24, 2.45) is 5.92 Å². The molecule has 2 N–H and O–H groups in total. The lowest BCUT2D eigenvalue weighted by Gasteiger charge is -2.14. The van der Waals surface area contributed by atoms with Gasteiger partial charge >= 0.3 is 0 Å². The maximum atomic E-state index is 11.9. The Bertz CT molecular complexity index is 434. The molecule has 0 aromatic heterocycles. The van der Waals surface area contributed by atoms with Gasteiger partial charge in [0.25, 0.3) is 0 Å². The Morgan fingerprint density at radius 2 is 2.11 bits per heavy atom. The summed E-state index contributed by atoms with van der Waals surface area (Å²) in [6.07, 6.45) is 1.76. The molecule has 0 bridgehead atoms. The zero-order valence-electron chi connectivity index (χ0n) is 10.8. The van der Waals surface area contributed by atoms with Gasteiger partial charge < -0.3 is 10.4 Å². The summed E-state index contributed by atoms with van der Waals surface area (Å²) in [6, 6.07) is 7.42. The molecule has 5 heteroatoms. The smallest absolute Gasteiger partial charge is 0.233 e. The lowest BCUT2D eigenvalue weighted by Crippen LogP contribution is -2.37. The highest BCUT2D eigenvalue weighted by atomic mass is 35.5. The van der Waals surface area contributed by atoms with Crippen molar-refractivity contribution in [1.29, 1.82) is 0 Å². The molecular formula is C14H18ClNO2S. The van der Waals surface area contributed by atoms with Crippen molar-refractivity contribution in [2.75, 3.05) is 6.54 Å². The molecule has 1 saturated carbocycles. The lowest BCUT2D eigenvalue weighted by atomic mass is 10.2. The third-order valence-corrected chi connectivity index (χ3v) is 4.51. The van der Waals surface area contributed by atoms with Crippen LogP contribution in [-0.4, -0.2) is 28.9 Å². The minimum atomic E-state index is -0.392. The van der Waals surface area contributed by atoms with Gasteiger partial charge in [-0.15, -0.1) is 11.8 Å². The highest BCUT2D eigenvalue weighted by molar-refractivity contribution is 8.00. The summed E-state index contributed by atoms with van der Waals surface area (Å²) < 4.78 is 0. The molecule has 0 radical (unpaired) electrons. The summed E-state index contributed by atoms with van der Waals surface area (Å²) >= 11 is 7.30. The van der Waals surface area contributed by atoms with Crippen LogP contribution in [0.25, 0.3) is 0 Å². The highest BCUT2D eigenvalue weighted by Crippen LogP contribution is 2.32. The quantitative estimate of drug-likeness (QED) is 0.794. The Kier molecular flexibility index (Phi) is 5.13. The van der Waals surface area contributed by atoms with E-state index >= 15 is 0 Å². The summed E-state index contributed by atoms with van der Waals surface area (Å²) in [5, 5.41) is 13.0. The molecule has 1 aromatic rings. The molecule has 0 saturated heterocycles. The predicted octanol–water partition coefficient (Wildman–Crippen LogP) is 2.71. The number of hydrogen-bond donors (Lipinski definition) is 2. The van der Waals surface area contributed by atoms with Crippen LogP contribution in [0.1, 0.15) is 19.8 Å². The second-order valence-corrected chi connectivity index (χ2v) is 6.71. The molecule has 1 amide bonds. The molecule has 2 atom stereocenters. The van der Waals surface area contributed by atoms with Crippen LogP contribution in [0.5, 0.6) is 0 Å². The molecule has 1 fully saturated rings. The van der Waals surface area contributed by atoms with Crippen molar-refractivity contribution >= 4 is 29.3 Å². The number of rotatable bonds is 6. The molecule has 2 unspecified atom stereocenters. The molecular weight excluding hydrogens is 282 g/mol. The fourth-order valence-electron chi connectivity index (χ4n) is 1.77. The van der Waals surface area contributed by atoms with E-state index in [2.05, 4.69) is 5.32 Å². The van der Waals surface area contributed by atoms with E-state index in [0.29, 0.717) is 17.5 Å². The largest absolute Gasteiger partial charge is 0.391 e. The minimum Gasteiger partial charge on any atom is -0.391 e. The first kappa shape index (κ1) is 14.7. The van der Waals surface area contributed by atoms with Crippen molar-refractivity contribution in [1.82, 2.24) is 5.32 Å². The number of carbonyl (C=O) groups is 1. The van der Waals surface area contributed by atoms with Crippen LogP contribution in [0.2, 0.25) is 5.02 Å². The number of thioether (sulfide) groups is 1. The zero-order chi connectivity index (χ0) is 13.8. The summed E-state index contributed by atoms with van der Waals surface area (Å²) in [4.78, 5) is 12.9. The van der Waals surface area contributed by atoms with Crippen molar-refractivity contribution < 1.29 is 9.90 Å². The molecule has 0 spiro atoms. The van der Waals surface area contributed by atoms with Crippen molar-refractivity contribution in [3.63, 3.8) is 0 Å². The lowest BCUT2D eigenvalue weighted by molar-refractivity contribution is -0.120. The summed E-state index contributed by atoms with van der Waals surface area (Å²) in [6.45, 7) is 2.22. The normalized spacial score (nSPS) is 17.8. The van der Waals surface area contributed by atoms with Crippen LogP contribution in [-0.2, 0) is 4.79 Å². The van der Waals surface area contributed by atoms with Gasteiger partial charge in [0.05, 0.1) is 11.4 Å². The number of benzene rings is 1. The summed E-state index contributed by atoms with van der Waals surface area (Å²) in [5.41, 5.74) is 0. The van der Waals surface area contributed by atoms with Crippen LogP contribution >= 0.6 is 23.4 Å². The van der Waals surface area contributed by atoms with E-state index in [0.717, 1.165) is 17.7 Å². The van der Waals surface area contributed by atoms with Gasteiger partial charge in [-0.2, -0.15) is 0 Å². The van der Waals surface area contributed by atoms with Crippen molar-refractivity contribution in [3.8, 4) is 0 Å². The average molecular weight is 300 g/mol. The van der Waals surface area contributed by atoms with Crippen LogP contribution in [0, 0.1) is 5.92 Å². The predicted molar refractivity (Wildman–Crippen MR) is 78.5 cm³/mol. The Balaban J connectivity index is 1.76. The molecule has 19 heavy (non-hydrogen) atoms.